The number of rotatable bonds is 8. The van der Waals surface area contributed by atoms with E-state index < -0.39 is 5.60 Å². The molecule has 0 bridgehead atoms. The maximum atomic E-state index is 12.1. The van der Waals surface area contributed by atoms with Gasteiger partial charge in [0.05, 0.1) is 7.11 Å². The van der Waals surface area contributed by atoms with Crippen LogP contribution in [0.3, 0.4) is 0 Å². The lowest BCUT2D eigenvalue weighted by Crippen LogP contribution is -2.33. The molecular formula is C30H35NO4. The molecule has 5 rings (SSSR count). The van der Waals surface area contributed by atoms with Crippen molar-refractivity contribution in [1.82, 2.24) is 4.90 Å². The number of phenols is 1. The molecule has 1 aliphatic heterocycles. The molecule has 2 atom stereocenters. The number of ether oxygens (including phenoxy) is 2. The van der Waals surface area contributed by atoms with Crippen molar-refractivity contribution in [2.45, 2.75) is 43.6 Å². The highest BCUT2D eigenvalue weighted by Gasteiger charge is 2.46. The maximum absolute atomic E-state index is 12.1. The summed E-state index contributed by atoms with van der Waals surface area (Å²) < 4.78 is 11.3. The molecule has 1 fully saturated rings. The number of methoxy groups -OCH3 is 1. The van der Waals surface area contributed by atoms with Crippen LogP contribution < -0.4 is 9.47 Å². The van der Waals surface area contributed by atoms with Gasteiger partial charge in [-0.15, -0.1) is 0 Å². The van der Waals surface area contributed by atoms with Crippen LogP contribution in [0, 0.1) is 0 Å². The van der Waals surface area contributed by atoms with Crippen LogP contribution in [0.2, 0.25) is 0 Å². The zero-order valence-corrected chi connectivity index (χ0v) is 20.5. The van der Waals surface area contributed by atoms with E-state index in [1.54, 1.807) is 19.2 Å². The molecule has 5 nitrogen and oxygen atoms in total. The van der Waals surface area contributed by atoms with Gasteiger partial charge in [-0.05, 0) is 91.0 Å². The number of fused-ring (bicyclic) bond motifs is 1. The number of benzene rings is 3. The van der Waals surface area contributed by atoms with Crippen LogP contribution in [0.4, 0.5) is 0 Å². The molecule has 1 saturated heterocycles. The van der Waals surface area contributed by atoms with E-state index in [1.165, 1.54) is 32.4 Å². The van der Waals surface area contributed by atoms with Crippen molar-refractivity contribution in [2.75, 3.05) is 33.4 Å². The molecule has 2 aliphatic rings. The average molecular weight is 474 g/mol. The van der Waals surface area contributed by atoms with E-state index in [9.17, 15) is 10.2 Å². The van der Waals surface area contributed by atoms with Crippen LogP contribution in [-0.4, -0.2) is 48.5 Å². The highest BCUT2D eigenvalue weighted by atomic mass is 16.5. The third kappa shape index (κ3) is 5.16. The second-order valence-electron chi connectivity index (χ2n) is 9.87. The van der Waals surface area contributed by atoms with Gasteiger partial charge in [-0.1, -0.05) is 36.8 Å². The van der Waals surface area contributed by atoms with Gasteiger partial charge in [0.25, 0.3) is 0 Å². The Morgan fingerprint density at radius 2 is 1.63 bits per heavy atom. The first kappa shape index (κ1) is 23.7. The molecule has 5 heteroatoms. The summed E-state index contributed by atoms with van der Waals surface area (Å²) >= 11 is 0. The van der Waals surface area contributed by atoms with Crippen molar-refractivity contribution < 1.29 is 19.7 Å². The Kier molecular flexibility index (Phi) is 6.98. The second kappa shape index (κ2) is 10.3. The van der Waals surface area contributed by atoms with E-state index in [2.05, 4.69) is 17.0 Å². The highest BCUT2D eigenvalue weighted by molar-refractivity contribution is 5.49. The van der Waals surface area contributed by atoms with Crippen LogP contribution >= 0.6 is 0 Å². The standard InChI is InChI=1S/C30H35NO4/c1-34-26-12-7-23(8-13-26)29-20-24-19-25(32)9-14-28(24)30(29,33)21-22-5-10-27(11-6-22)35-18-17-31-15-3-2-4-16-31/h5-14,19,29,32-33H,2-4,15-18,20-21H2,1H3. The summed E-state index contributed by atoms with van der Waals surface area (Å²) in [5, 5.41) is 22.2. The molecule has 1 heterocycles. The summed E-state index contributed by atoms with van der Waals surface area (Å²) in [6.45, 7) is 4.01. The Morgan fingerprint density at radius 3 is 2.34 bits per heavy atom. The quantitative estimate of drug-likeness (QED) is 0.480. The first-order valence-electron chi connectivity index (χ1n) is 12.7. The molecule has 1 aliphatic carbocycles. The smallest absolute Gasteiger partial charge is 0.119 e. The predicted octanol–water partition coefficient (Wildman–Crippen LogP) is 5.04. The molecule has 0 radical (unpaired) electrons. The zero-order chi connectivity index (χ0) is 24.3. The van der Waals surface area contributed by atoms with Gasteiger partial charge in [0.15, 0.2) is 0 Å². The van der Waals surface area contributed by atoms with E-state index >= 15 is 0 Å². The molecule has 0 spiro atoms. The summed E-state index contributed by atoms with van der Waals surface area (Å²) in [5.74, 6) is 1.76. The van der Waals surface area contributed by atoms with Crippen LogP contribution in [0.15, 0.2) is 66.7 Å². The summed E-state index contributed by atoms with van der Waals surface area (Å²) in [6, 6.07) is 21.4. The molecule has 3 aromatic rings. The van der Waals surface area contributed by atoms with Gasteiger partial charge in [0.2, 0.25) is 0 Å². The van der Waals surface area contributed by atoms with Crippen molar-refractivity contribution in [1.29, 1.82) is 0 Å². The van der Waals surface area contributed by atoms with Crippen molar-refractivity contribution in [3.8, 4) is 17.2 Å². The summed E-state index contributed by atoms with van der Waals surface area (Å²) in [4.78, 5) is 2.47. The van der Waals surface area contributed by atoms with E-state index in [0.29, 0.717) is 19.4 Å². The summed E-state index contributed by atoms with van der Waals surface area (Å²) in [6.07, 6.45) is 5.08. The van der Waals surface area contributed by atoms with Crippen molar-refractivity contribution in [2.24, 2.45) is 0 Å². The van der Waals surface area contributed by atoms with Crippen molar-refractivity contribution >= 4 is 0 Å². The number of likely N-dealkylation sites (tertiary alicyclic amines) is 1. The monoisotopic (exact) mass is 473 g/mol. The van der Waals surface area contributed by atoms with Gasteiger partial charge in [-0.25, -0.2) is 0 Å². The Labute approximate surface area is 207 Å². The lowest BCUT2D eigenvalue weighted by atomic mass is 9.78. The fraction of sp³-hybridized carbons (Fsp3) is 0.400. The first-order chi connectivity index (χ1) is 17.0. The Balaban J connectivity index is 1.32. The van der Waals surface area contributed by atoms with Crippen molar-refractivity contribution in [3.63, 3.8) is 0 Å². The number of nitrogens with zero attached hydrogens (tertiary/aromatic N) is 1. The summed E-state index contributed by atoms with van der Waals surface area (Å²) in [5.41, 5.74) is 2.91. The Bertz CT molecular complexity index is 1120. The minimum Gasteiger partial charge on any atom is -0.508 e. The Hall–Kier alpha value is -3.02. The predicted molar refractivity (Wildman–Crippen MR) is 137 cm³/mol. The van der Waals surface area contributed by atoms with Crippen LogP contribution in [0.25, 0.3) is 0 Å². The SMILES string of the molecule is COc1ccc(C2Cc3cc(O)ccc3C2(O)Cc2ccc(OCCN3CCCCC3)cc2)cc1. The topological polar surface area (TPSA) is 62.2 Å². The zero-order valence-electron chi connectivity index (χ0n) is 20.5. The minimum absolute atomic E-state index is 0.120. The number of phenolic OH excluding ortho intramolecular Hbond substituents is 1. The normalized spacial score (nSPS) is 22.1. The average Bonchev–Trinajstić information content (AvgIpc) is 3.17. The van der Waals surface area contributed by atoms with Gasteiger partial charge < -0.3 is 19.7 Å². The molecule has 35 heavy (non-hydrogen) atoms. The molecular weight excluding hydrogens is 438 g/mol. The molecule has 3 aromatic carbocycles. The fourth-order valence-corrected chi connectivity index (χ4v) is 5.69. The first-order valence-corrected chi connectivity index (χ1v) is 12.7. The van der Waals surface area contributed by atoms with Crippen LogP contribution in [0.1, 0.15) is 47.4 Å². The number of aromatic hydroxyl groups is 1. The van der Waals surface area contributed by atoms with Gasteiger partial charge in [0.1, 0.15) is 29.5 Å². The second-order valence-corrected chi connectivity index (χ2v) is 9.87. The third-order valence-electron chi connectivity index (χ3n) is 7.60. The van der Waals surface area contributed by atoms with E-state index in [4.69, 9.17) is 9.47 Å². The van der Waals surface area contributed by atoms with Gasteiger partial charge >= 0.3 is 0 Å². The number of hydrogen-bond acceptors (Lipinski definition) is 5. The third-order valence-corrected chi connectivity index (χ3v) is 7.60. The van der Waals surface area contributed by atoms with Gasteiger partial charge in [0, 0.05) is 18.9 Å². The molecule has 2 N–H and O–H groups in total. The van der Waals surface area contributed by atoms with Crippen LogP contribution in [0.5, 0.6) is 17.2 Å². The van der Waals surface area contributed by atoms with E-state index in [-0.39, 0.29) is 11.7 Å². The lowest BCUT2D eigenvalue weighted by Gasteiger charge is -2.32. The molecule has 0 aromatic heterocycles. The Morgan fingerprint density at radius 1 is 0.914 bits per heavy atom. The van der Waals surface area contributed by atoms with E-state index in [1.807, 2.05) is 42.5 Å². The largest absolute Gasteiger partial charge is 0.508 e. The molecule has 0 saturated carbocycles. The lowest BCUT2D eigenvalue weighted by molar-refractivity contribution is 0.0189. The maximum Gasteiger partial charge on any atom is 0.119 e. The number of aliphatic hydroxyl groups is 1. The molecule has 0 amide bonds. The van der Waals surface area contributed by atoms with Gasteiger partial charge in [-0.2, -0.15) is 0 Å². The fourth-order valence-electron chi connectivity index (χ4n) is 5.69. The van der Waals surface area contributed by atoms with E-state index in [0.717, 1.165) is 40.3 Å². The number of hydrogen-bond donors (Lipinski definition) is 2. The minimum atomic E-state index is -1.08. The van der Waals surface area contributed by atoms with Crippen LogP contribution in [-0.2, 0) is 18.4 Å². The molecule has 2 unspecified atom stereocenters. The number of piperidine rings is 1. The summed E-state index contributed by atoms with van der Waals surface area (Å²) in [7, 11) is 1.65. The molecule has 184 valence electrons. The van der Waals surface area contributed by atoms with Crippen molar-refractivity contribution in [3.05, 3.63) is 89.0 Å². The van der Waals surface area contributed by atoms with Gasteiger partial charge in [-0.3, -0.25) is 4.90 Å². The highest BCUT2D eigenvalue weighted by Crippen LogP contribution is 2.50.